The fourth-order valence-electron chi connectivity index (χ4n) is 2.55. The first-order chi connectivity index (χ1) is 8.09. The Labute approximate surface area is 103 Å². The molecule has 0 aliphatic carbocycles. The summed E-state index contributed by atoms with van der Waals surface area (Å²) in [7, 11) is 4.14. The van der Waals surface area contributed by atoms with Crippen molar-refractivity contribution in [2.45, 2.75) is 37.7 Å². The van der Waals surface area contributed by atoms with Crippen molar-refractivity contribution < 1.29 is 5.11 Å². The summed E-state index contributed by atoms with van der Waals surface area (Å²) in [6.07, 6.45) is 8.36. The molecule has 0 amide bonds. The molecule has 1 unspecified atom stereocenters. The molecule has 1 saturated heterocycles. The smallest absolute Gasteiger partial charge is 0.108 e. The summed E-state index contributed by atoms with van der Waals surface area (Å²) in [6.45, 7) is 2.10. The highest BCUT2D eigenvalue weighted by atomic mass is 16.3. The van der Waals surface area contributed by atoms with Gasteiger partial charge in [0.25, 0.3) is 0 Å². The molecular weight excluding hydrogens is 214 g/mol. The van der Waals surface area contributed by atoms with E-state index >= 15 is 0 Å². The minimum Gasteiger partial charge on any atom is -0.390 e. The minimum atomic E-state index is -0.489. The fraction of sp³-hybridized carbons (Fsp3) is 0.769. The molecule has 0 spiro atoms. The summed E-state index contributed by atoms with van der Waals surface area (Å²) in [5.74, 6) is 1.07. The number of hydrogen-bond acceptors (Lipinski definition) is 3. The van der Waals surface area contributed by atoms with Gasteiger partial charge in [-0.15, -0.1) is 0 Å². The molecule has 1 atom stereocenters. The summed E-state index contributed by atoms with van der Waals surface area (Å²) in [6, 6.07) is 0. The number of aryl methyl sites for hydroxylation is 2. The fourth-order valence-corrected chi connectivity index (χ4v) is 2.55. The van der Waals surface area contributed by atoms with E-state index in [0.717, 1.165) is 51.0 Å². The van der Waals surface area contributed by atoms with Crippen molar-refractivity contribution in [1.29, 1.82) is 0 Å². The van der Waals surface area contributed by atoms with Crippen LogP contribution in [0, 0.1) is 0 Å². The average Bonchev–Trinajstić information content (AvgIpc) is 2.62. The molecular formula is C13H23N3O. The highest BCUT2D eigenvalue weighted by molar-refractivity contribution is 4.94. The van der Waals surface area contributed by atoms with Crippen LogP contribution in [0.5, 0.6) is 0 Å². The molecule has 1 N–H and O–H groups in total. The topological polar surface area (TPSA) is 41.3 Å². The van der Waals surface area contributed by atoms with Crippen LogP contribution in [0.1, 0.15) is 31.5 Å². The second-order valence-corrected chi connectivity index (χ2v) is 5.34. The molecule has 0 saturated carbocycles. The molecule has 4 heteroatoms. The Hall–Kier alpha value is -0.870. The molecule has 2 heterocycles. The van der Waals surface area contributed by atoms with Crippen molar-refractivity contribution in [1.82, 2.24) is 14.5 Å². The second-order valence-electron chi connectivity index (χ2n) is 5.34. The lowest BCUT2D eigenvalue weighted by molar-refractivity contribution is 0.0172. The Morgan fingerprint density at radius 2 is 2.18 bits per heavy atom. The van der Waals surface area contributed by atoms with Gasteiger partial charge in [-0.3, -0.25) is 0 Å². The molecule has 0 aromatic carbocycles. The lowest BCUT2D eigenvalue weighted by Gasteiger charge is -2.26. The largest absolute Gasteiger partial charge is 0.390 e. The van der Waals surface area contributed by atoms with Gasteiger partial charge in [-0.05, 0) is 39.3 Å². The molecule has 0 radical (unpaired) electrons. The van der Waals surface area contributed by atoms with E-state index in [1.807, 2.05) is 24.0 Å². The zero-order valence-corrected chi connectivity index (χ0v) is 10.9. The van der Waals surface area contributed by atoms with E-state index in [2.05, 4.69) is 16.9 Å². The Morgan fingerprint density at radius 3 is 2.88 bits per heavy atom. The van der Waals surface area contributed by atoms with Crippen molar-refractivity contribution >= 4 is 0 Å². The van der Waals surface area contributed by atoms with Crippen LogP contribution in [-0.2, 0) is 13.5 Å². The maximum Gasteiger partial charge on any atom is 0.108 e. The van der Waals surface area contributed by atoms with Gasteiger partial charge < -0.3 is 14.6 Å². The van der Waals surface area contributed by atoms with Gasteiger partial charge in [0.05, 0.1) is 5.60 Å². The second kappa shape index (κ2) is 5.19. The molecule has 1 aliphatic rings. The Balaban J connectivity index is 1.91. The van der Waals surface area contributed by atoms with Gasteiger partial charge in [-0.1, -0.05) is 0 Å². The Morgan fingerprint density at radius 1 is 1.35 bits per heavy atom. The van der Waals surface area contributed by atoms with Crippen LogP contribution in [0.25, 0.3) is 0 Å². The molecule has 0 bridgehead atoms. The molecule has 1 aromatic rings. The minimum absolute atomic E-state index is 0.489. The number of aromatic nitrogens is 2. The molecule has 17 heavy (non-hydrogen) atoms. The zero-order valence-electron chi connectivity index (χ0n) is 10.9. The summed E-state index contributed by atoms with van der Waals surface area (Å²) in [4.78, 5) is 6.62. The molecule has 96 valence electrons. The van der Waals surface area contributed by atoms with Gasteiger partial charge in [-0.25, -0.2) is 4.98 Å². The number of rotatable bonds is 3. The van der Waals surface area contributed by atoms with Crippen molar-refractivity contribution in [2.75, 3.05) is 20.1 Å². The average molecular weight is 237 g/mol. The lowest BCUT2D eigenvalue weighted by atomic mass is 9.89. The van der Waals surface area contributed by atoms with Crippen LogP contribution < -0.4 is 0 Å². The van der Waals surface area contributed by atoms with Crippen LogP contribution in [0.15, 0.2) is 12.4 Å². The van der Waals surface area contributed by atoms with Gasteiger partial charge in [0.15, 0.2) is 0 Å². The summed E-state index contributed by atoms with van der Waals surface area (Å²) < 4.78 is 2.03. The van der Waals surface area contributed by atoms with Gasteiger partial charge in [-0.2, -0.15) is 0 Å². The highest BCUT2D eigenvalue weighted by Crippen LogP contribution is 2.26. The molecule has 4 nitrogen and oxygen atoms in total. The molecule has 2 rings (SSSR count). The number of nitrogens with zero attached hydrogens (tertiary/aromatic N) is 3. The van der Waals surface area contributed by atoms with E-state index < -0.39 is 5.60 Å². The number of likely N-dealkylation sites (tertiary alicyclic amines) is 1. The normalized spacial score (nSPS) is 27.0. The van der Waals surface area contributed by atoms with E-state index in [9.17, 15) is 5.11 Å². The standard InChI is InChI=1S/C13H23N3O/c1-15-9-3-5-13(17,7-10-15)6-4-12-14-8-11-16(12)2/h8,11,17H,3-7,9-10H2,1-2H3. The first-order valence-corrected chi connectivity index (χ1v) is 6.46. The summed E-state index contributed by atoms with van der Waals surface area (Å²) in [5, 5.41) is 10.6. The Kier molecular flexibility index (Phi) is 3.84. The third-order valence-corrected chi connectivity index (χ3v) is 3.88. The van der Waals surface area contributed by atoms with Crippen molar-refractivity contribution in [3.8, 4) is 0 Å². The van der Waals surface area contributed by atoms with E-state index in [1.165, 1.54) is 0 Å². The number of imidazole rings is 1. The van der Waals surface area contributed by atoms with Crippen molar-refractivity contribution in [3.63, 3.8) is 0 Å². The first-order valence-electron chi connectivity index (χ1n) is 6.46. The van der Waals surface area contributed by atoms with E-state index in [0.29, 0.717) is 0 Å². The maximum atomic E-state index is 10.6. The molecule has 1 aliphatic heterocycles. The van der Waals surface area contributed by atoms with Crippen LogP contribution in [0.2, 0.25) is 0 Å². The SMILES string of the molecule is CN1CCCC(O)(CCc2nccn2C)CC1. The van der Waals surface area contributed by atoms with E-state index in [1.54, 1.807) is 0 Å². The Bertz CT molecular complexity index is 363. The monoisotopic (exact) mass is 237 g/mol. The third kappa shape index (κ3) is 3.30. The number of aliphatic hydroxyl groups is 1. The van der Waals surface area contributed by atoms with Crippen molar-refractivity contribution in [3.05, 3.63) is 18.2 Å². The van der Waals surface area contributed by atoms with E-state index in [4.69, 9.17) is 0 Å². The van der Waals surface area contributed by atoms with Gasteiger partial charge >= 0.3 is 0 Å². The first kappa shape index (κ1) is 12.6. The predicted octanol–water partition coefficient (Wildman–Crippen LogP) is 1.20. The maximum absolute atomic E-state index is 10.6. The highest BCUT2D eigenvalue weighted by Gasteiger charge is 2.29. The van der Waals surface area contributed by atoms with E-state index in [-0.39, 0.29) is 0 Å². The molecule has 1 fully saturated rings. The number of hydrogen-bond donors (Lipinski definition) is 1. The third-order valence-electron chi connectivity index (χ3n) is 3.88. The molecule has 1 aromatic heterocycles. The van der Waals surface area contributed by atoms with Crippen LogP contribution in [0.3, 0.4) is 0 Å². The zero-order chi connectivity index (χ0) is 12.3. The van der Waals surface area contributed by atoms with Crippen LogP contribution >= 0.6 is 0 Å². The lowest BCUT2D eigenvalue weighted by Crippen LogP contribution is -2.31. The summed E-state index contributed by atoms with van der Waals surface area (Å²) in [5.41, 5.74) is -0.489. The van der Waals surface area contributed by atoms with Gasteiger partial charge in [0.2, 0.25) is 0 Å². The predicted molar refractivity (Wildman–Crippen MR) is 67.8 cm³/mol. The van der Waals surface area contributed by atoms with Gasteiger partial charge in [0, 0.05) is 32.4 Å². The van der Waals surface area contributed by atoms with Crippen LogP contribution in [-0.4, -0.2) is 45.3 Å². The quantitative estimate of drug-likeness (QED) is 0.859. The summed E-state index contributed by atoms with van der Waals surface area (Å²) >= 11 is 0. The van der Waals surface area contributed by atoms with Crippen LogP contribution in [0.4, 0.5) is 0 Å². The van der Waals surface area contributed by atoms with Gasteiger partial charge in [0.1, 0.15) is 5.82 Å². The van der Waals surface area contributed by atoms with Crippen molar-refractivity contribution in [2.24, 2.45) is 7.05 Å².